The molecular formula is C17H18F2N2O3S. The second kappa shape index (κ2) is 7.69. The number of benzene rings is 1. The average Bonchev–Trinajstić information content (AvgIpc) is 2.56. The number of carbonyl (C=O) groups is 2. The Morgan fingerprint density at radius 2 is 1.96 bits per heavy atom. The first-order chi connectivity index (χ1) is 11.8. The van der Waals surface area contributed by atoms with E-state index in [-0.39, 0.29) is 28.8 Å². The number of ether oxygens (including phenoxy) is 1. The molecule has 25 heavy (non-hydrogen) atoms. The summed E-state index contributed by atoms with van der Waals surface area (Å²) in [6.45, 7) is 5.26. The number of rotatable bonds is 5. The fraction of sp³-hybridized carbons (Fsp3) is 0.353. The SMILES string of the molecule is CCOC(=O)C(=O)C1=C(C(C)C)NC(=S)N[C@@H]1c1ccc(F)c(F)c1. The molecule has 0 unspecified atom stereocenters. The third-order valence-corrected chi connectivity index (χ3v) is 3.88. The maximum absolute atomic E-state index is 13.7. The molecule has 0 aromatic heterocycles. The number of carbonyl (C=O) groups excluding carboxylic acids is 2. The van der Waals surface area contributed by atoms with Gasteiger partial charge in [-0.25, -0.2) is 13.6 Å². The highest BCUT2D eigenvalue weighted by atomic mass is 32.1. The molecule has 2 rings (SSSR count). The van der Waals surface area contributed by atoms with Crippen molar-refractivity contribution in [3.8, 4) is 0 Å². The summed E-state index contributed by atoms with van der Waals surface area (Å²) in [5.41, 5.74) is 0.790. The molecule has 0 aliphatic carbocycles. The van der Waals surface area contributed by atoms with Crippen molar-refractivity contribution in [3.63, 3.8) is 0 Å². The van der Waals surface area contributed by atoms with E-state index in [9.17, 15) is 18.4 Å². The second-order valence-electron chi connectivity index (χ2n) is 5.74. The van der Waals surface area contributed by atoms with Gasteiger partial charge in [0.2, 0.25) is 0 Å². The van der Waals surface area contributed by atoms with Crippen molar-refractivity contribution in [2.45, 2.75) is 26.8 Å². The highest BCUT2D eigenvalue weighted by Crippen LogP contribution is 2.31. The van der Waals surface area contributed by atoms with Crippen molar-refractivity contribution in [2.75, 3.05) is 6.61 Å². The molecule has 1 aliphatic heterocycles. The van der Waals surface area contributed by atoms with Crippen LogP contribution in [-0.4, -0.2) is 23.5 Å². The Morgan fingerprint density at radius 1 is 1.28 bits per heavy atom. The molecule has 1 aromatic carbocycles. The Balaban J connectivity index is 2.59. The van der Waals surface area contributed by atoms with Crippen molar-refractivity contribution in [3.05, 3.63) is 46.7 Å². The largest absolute Gasteiger partial charge is 0.460 e. The van der Waals surface area contributed by atoms with Gasteiger partial charge in [-0.2, -0.15) is 0 Å². The van der Waals surface area contributed by atoms with Crippen LogP contribution < -0.4 is 10.6 Å². The number of nitrogens with one attached hydrogen (secondary N) is 2. The molecule has 0 radical (unpaired) electrons. The zero-order chi connectivity index (χ0) is 18.7. The predicted molar refractivity (Wildman–Crippen MR) is 91.5 cm³/mol. The van der Waals surface area contributed by atoms with E-state index in [4.69, 9.17) is 17.0 Å². The van der Waals surface area contributed by atoms with Gasteiger partial charge in [-0.05, 0) is 42.8 Å². The molecule has 0 bridgehead atoms. The summed E-state index contributed by atoms with van der Waals surface area (Å²) in [4.78, 5) is 24.6. The molecule has 0 saturated carbocycles. The lowest BCUT2D eigenvalue weighted by Gasteiger charge is -2.32. The molecule has 0 saturated heterocycles. The van der Waals surface area contributed by atoms with Gasteiger partial charge in [0.1, 0.15) is 0 Å². The first-order valence-corrected chi connectivity index (χ1v) is 8.15. The lowest BCUT2D eigenvalue weighted by Crippen LogP contribution is -2.47. The van der Waals surface area contributed by atoms with Crippen LogP contribution in [0.15, 0.2) is 29.5 Å². The molecule has 0 amide bonds. The van der Waals surface area contributed by atoms with Gasteiger partial charge in [0.05, 0.1) is 18.2 Å². The van der Waals surface area contributed by atoms with Crippen LogP contribution in [0.25, 0.3) is 0 Å². The zero-order valence-corrected chi connectivity index (χ0v) is 14.8. The van der Waals surface area contributed by atoms with Crippen LogP contribution in [0.1, 0.15) is 32.4 Å². The van der Waals surface area contributed by atoms with E-state index in [0.29, 0.717) is 5.70 Å². The minimum atomic E-state index is -1.06. The molecule has 5 nitrogen and oxygen atoms in total. The number of allylic oxidation sites excluding steroid dienone is 1. The minimum Gasteiger partial charge on any atom is -0.460 e. The highest BCUT2D eigenvalue weighted by Gasteiger charge is 2.36. The highest BCUT2D eigenvalue weighted by molar-refractivity contribution is 7.80. The first-order valence-electron chi connectivity index (χ1n) is 7.74. The van der Waals surface area contributed by atoms with Crippen LogP contribution in [0.3, 0.4) is 0 Å². The molecule has 1 atom stereocenters. The summed E-state index contributed by atoms with van der Waals surface area (Å²) in [5, 5.41) is 5.93. The molecule has 1 aromatic rings. The van der Waals surface area contributed by atoms with Gasteiger partial charge in [-0.3, -0.25) is 4.79 Å². The fourth-order valence-electron chi connectivity index (χ4n) is 2.54. The summed E-state index contributed by atoms with van der Waals surface area (Å²) in [5.74, 6) is -4.10. The summed E-state index contributed by atoms with van der Waals surface area (Å²) in [6, 6.07) is 2.37. The number of ketones is 1. The minimum absolute atomic E-state index is 0.0456. The van der Waals surface area contributed by atoms with E-state index in [0.717, 1.165) is 12.1 Å². The van der Waals surface area contributed by atoms with Crippen molar-refractivity contribution >= 4 is 29.1 Å². The van der Waals surface area contributed by atoms with Crippen molar-refractivity contribution in [2.24, 2.45) is 5.92 Å². The van der Waals surface area contributed by atoms with E-state index in [1.165, 1.54) is 6.07 Å². The molecule has 8 heteroatoms. The molecule has 134 valence electrons. The molecule has 0 fully saturated rings. The quantitative estimate of drug-likeness (QED) is 0.473. The average molecular weight is 368 g/mol. The van der Waals surface area contributed by atoms with Gasteiger partial charge in [-0.15, -0.1) is 0 Å². The van der Waals surface area contributed by atoms with Crippen molar-refractivity contribution in [1.29, 1.82) is 0 Å². The molecule has 0 spiro atoms. The van der Waals surface area contributed by atoms with E-state index >= 15 is 0 Å². The third-order valence-electron chi connectivity index (χ3n) is 3.66. The third kappa shape index (κ3) is 4.01. The maximum atomic E-state index is 13.7. The molecule has 1 aliphatic rings. The first kappa shape index (κ1) is 19.0. The second-order valence-corrected chi connectivity index (χ2v) is 6.14. The van der Waals surface area contributed by atoms with Crippen LogP contribution in [0.2, 0.25) is 0 Å². The number of hydrogen-bond acceptors (Lipinski definition) is 4. The van der Waals surface area contributed by atoms with E-state index in [2.05, 4.69) is 10.6 Å². The number of hydrogen-bond donors (Lipinski definition) is 2. The van der Waals surface area contributed by atoms with Crippen LogP contribution >= 0.6 is 12.2 Å². The zero-order valence-electron chi connectivity index (χ0n) is 14.0. The summed E-state index contributed by atoms with van der Waals surface area (Å²) >= 11 is 5.14. The lowest BCUT2D eigenvalue weighted by molar-refractivity contribution is -0.152. The molecular weight excluding hydrogens is 350 g/mol. The van der Waals surface area contributed by atoms with Gasteiger partial charge in [0.25, 0.3) is 5.78 Å². The fourth-order valence-corrected chi connectivity index (χ4v) is 2.77. The normalized spacial score (nSPS) is 17.2. The number of halogens is 2. The Labute approximate surface area is 149 Å². The van der Waals surface area contributed by atoms with Crippen molar-refractivity contribution in [1.82, 2.24) is 10.6 Å². The standard InChI is InChI=1S/C17H18F2N2O3S/c1-4-24-16(23)15(22)12-13(8(2)3)20-17(25)21-14(12)9-5-6-10(18)11(19)7-9/h5-8,14H,4H2,1-3H3,(H2,20,21,25)/t14-/m1/s1. The van der Waals surface area contributed by atoms with E-state index in [1.54, 1.807) is 6.92 Å². The summed E-state index contributed by atoms with van der Waals surface area (Å²) in [7, 11) is 0. The Hall–Kier alpha value is -2.35. The Kier molecular flexibility index (Phi) is 5.84. The monoisotopic (exact) mass is 368 g/mol. The number of thiocarbonyl (C=S) groups is 1. The molecule has 2 N–H and O–H groups in total. The summed E-state index contributed by atoms with van der Waals surface area (Å²) in [6.07, 6.45) is 0. The van der Waals surface area contributed by atoms with Gasteiger partial charge in [0.15, 0.2) is 16.7 Å². The van der Waals surface area contributed by atoms with Crippen LogP contribution in [-0.2, 0) is 14.3 Å². The van der Waals surface area contributed by atoms with Crippen LogP contribution in [0, 0.1) is 17.6 Å². The van der Waals surface area contributed by atoms with Crippen LogP contribution in [0.4, 0.5) is 8.78 Å². The van der Waals surface area contributed by atoms with Crippen molar-refractivity contribution < 1.29 is 23.1 Å². The van der Waals surface area contributed by atoms with Gasteiger partial charge in [-0.1, -0.05) is 19.9 Å². The van der Waals surface area contributed by atoms with E-state index in [1.807, 2.05) is 13.8 Å². The Morgan fingerprint density at radius 3 is 2.52 bits per heavy atom. The predicted octanol–water partition coefficient (Wildman–Crippen LogP) is 2.53. The number of esters is 1. The Bertz CT molecular complexity index is 762. The smallest absolute Gasteiger partial charge is 0.379 e. The van der Waals surface area contributed by atoms with E-state index < -0.39 is 29.4 Å². The molecule has 1 heterocycles. The lowest BCUT2D eigenvalue weighted by atomic mass is 9.89. The number of Topliss-reactive ketones (excluding diaryl/α,β-unsaturated/α-hetero) is 1. The van der Waals surface area contributed by atoms with Gasteiger partial charge >= 0.3 is 5.97 Å². The maximum Gasteiger partial charge on any atom is 0.379 e. The topological polar surface area (TPSA) is 67.4 Å². The van der Waals surface area contributed by atoms with Crippen LogP contribution in [0.5, 0.6) is 0 Å². The summed E-state index contributed by atoms with van der Waals surface area (Å²) < 4.78 is 31.7. The van der Waals surface area contributed by atoms with Gasteiger partial charge in [0, 0.05) is 5.70 Å². The van der Waals surface area contributed by atoms with Gasteiger partial charge < -0.3 is 15.4 Å².